The first-order chi connectivity index (χ1) is 11.5. The van der Waals surface area contributed by atoms with Gasteiger partial charge in [0.15, 0.2) is 5.82 Å². The predicted molar refractivity (Wildman–Crippen MR) is 94.5 cm³/mol. The average Bonchev–Trinajstić information content (AvgIpc) is 3.02. The van der Waals surface area contributed by atoms with Gasteiger partial charge in [0, 0.05) is 19.1 Å². The minimum absolute atomic E-state index is 0.142. The number of aryl methyl sites for hydroxylation is 1. The zero-order valence-corrected chi connectivity index (χ0v) is 15.5. The zero-order chi connectivity index (χ0) is 17.5. The van der Waals surface area contributed by atoms with Crippen LogP contribution in [-0.4, -0.2) is 51.4 Å². The summed E-state index contributed by atoms with van der Waals surface area (Å²) in [5, 5.41) is 13.8. The molecule has 24 heavy (non-hydrogen) atoms. The first-order valence-electron chi connectivity index (χ1n) is 9.13. The normalized spacial score (nSPS) is 17.9. The topological polar surface area (TPSA) is 75.1 Å². The Bertz CT molecular complexity index is 507. The molecule has 1 aromatic heterocycles. The van der Waals surface area contributed by atoms with Crippen molar-refractivity contribution in [3.05, 3.63) is 12.2 Å². The Morgan fingerprint density at radius 3 is 2.67 bits per heavy atom. The van der Waals surface area contributed by atoms with E-state index >= 15 is 0 Å². The van der Waals surface area contributed by atoms with Gasteiger partial charge in [0.25, 0.3) is 0 Å². The van der Waals surface area contributed by atoms with Gasteiger partial charge in [0.05, 0.1) is 6.54 Å². The monoisotopic (exact) mass is 336 g/mol. The number of urea groups is 1. The molecule has 0 aromatic carbocycles. The quantitative estimate of drug-likeness (QED) is 0.797. The van der Waals surface area contributed by atoms with E-state index in [2.05, 4.69) is 46.5 Å². The lowest BCUT2D eigenvalue weighted by molar-refractivity contribution is 0.108. The Kier molecular flexibility index (Phi) is 7.02. The van der Waals surface area contributed by atoms with Gasteiger partial charge < -0.3 is 15.2 Å². The number of amides is 2. The lowest BCUT2D eigenvalue weighted by Crippen LogP contribution is -2.51. The van der Waals surface area contributed by atoms with Crippen LogP contribution in [0.4, 0.5) is 4.79 Å². The second kappa shape index (κ2) is 9.01. The molecule has 0 aliphatic carbocycles. The molecule has 0 saturated carbocycles. The lowest BCUT2D eigenvalue weighted by atomic mass is 9.94. The highest BCUT2D eigenvalue weighted by molar-refractivity contribution is 5.73. The molecule has 136 valence electrons. The van der Waals surface area contributed by atoms with Gasteiger partial charge in [-0.05, 0) is 44.7 Å². The maximum absolute atomic E-state index is 12.1. The summed E-state index contributed by atoms with van der Waals surface area (Å²) in [6.07, 6.45) is 4.19. The van der Waals surface area contributed by atoms with Gasteiger partial charge in [-0.1, -0.05) is 20.8 Å². The Morgan fingerprint density at radius 1 is 1.33 bits per heavy atom. The van der Waals surface area contributed by atoms with Crippen molar-refractivity contribution < 1.29 is 4.79 Å². The van der Waals surface area contributed by atoms with Crippen molar-refractivity contribution in [2.75, 3.05) is 19.6 Å². The summed E-state index contributed by atoms with van der Waals surface area (Å²) in [7, 11) is 0. The van der Waals surface area contributed by atoms with E-state index in [9.17, 15) is 4.79 Å². The van der Waals surface area contributed by atoms with Gasteiger partial charge in [0.2, 0.25) is 0 Å². The summed E-state index contributed by atoms with van der Waals surface area (Å²) in [5.41, 5.74) is 0. The Hall–Kier alpha value is -1.63. The van der Waals surface area contributed by atoms with Crippen molar-refractivity contribution in [1.29, 1.82) is 0 Å². The number of aromatic nitrogens is 3. The van der Waals surface area contributed by atoms with Crippen LogP contribution in [0.25, 0.3) is 0 Å². The number of carbonyl (C=O) groups is 1. The summed E-state index contributed by atoms with van der Waals surface area (Å²) < 4.78 is 1.92. The number of rotatable bonds is 7. The Labute approximate surface area is 145 Å². The fraction of sp³-hybridized carbons (Fsp3) is 0.824. The molecule has 2 amide bonds. The Morgan fingerprint density at radius 2 is 2.04 bits per heavy atom. The molecule has 1 aliphatic rings. The molecule has 1 fully saturated rings. The number of hydrogen-bond acceptors (Lipinski definition) is 4. The van der Waals surface area contributed by atoms with Crippen molar-refractivity contribution in [3.63, 3.8) is 0 Å². The molecule has 1 aliphatic heterocycles. The largest absolute Gasteiger partial charge is 0.337 e. The highest BCUT2D eigenvalue weighted by Crippen LogP contribution is 2.20. The fourth-order valence-corrected chi connectivity index (χ4v) is 3.25. The van der Waals surface area contributed by atoms with Gasteiger partial charge in [-0.15, -0.1) is 10.2 Å². The number of likely N-dealkylation sites (tertiary alicyclic amines) is 1. The summed E-state index contributed by atoms with van der Waals surface area (Å²) in [6, 6.07) is 0.249. The first-order valence-corrected chi connectivity index (χ1v) is 9.13. The van der Waals surface area contributed by atoms with Crippen LogP contribution < -0.4 is 10.6 Å². The van der Waals surface area contributed by atoms with Crippen LogP contribution in [0.2, 0.25) is 0 Å². The van der Waals surface area contributed by atoms with E-state index in [1.807, 2.05) is 11.5 Å². The van der Waals surface area contributed by atoms with E-state index in [-0.39, 0.29) is 6.03 Å². The van der Waals surface area contributed by atoms with Crippen LogP contribution in [0.5, 0.6) is 0 Å². The molecule has 2 rings (SSSR count). The average molecular weight is 336 g/mol. The van der Waals surface area contributed by atoms with Gasteiger partial charge in [-0.2, -0.15) is 0 Å². The molecule has 2 N–H and O–H groups in total. The molecule has 2 heterocycles. The smallest absolute Gasteiger partial charge is 0.315 e. The molecule has 1 unspecified atom stereocenters. The van der Waals surface area contributed by atoms with E-state index < -0.39 is 0 Å². The third-order valence-corrected chi connectivity index (χ3v) is 4.97. The Balaban J connectivity index is 1.77. The summed E-state index contributed by atoms with van der Waals surface area (Å²) in [5.74, 6) is 2.11. The van der Waals surface area contributed by atoms with Crippen molar-refractivity contribution in [3.8, 4) is 0 Å². The highest BCUT2D eigenvalue weighted by atomic mass is 16.2. The second-order valence-electron chi connectivity index (χ2n) is 7.13. The number of hydrogen-bond donors (Lipinski definition) is 2. The van der Waals surface area contributed by atoms with Gasteiger partial charge in [-0.3, -0.25) is 4.90 Å². The fourth-order valence-electron chi connectivity index (χ4n) is 3.25. The zero-order valence-electron chi connectivity index (χ0n) is 15.5. The summed E-state index contributed by atoms with van der Waals surface area (Å²) in [4.78, 5) is 14.6. The van der Waals surface area contributed by atoms with Crippen molar-refractivity contribution in [1.82, 2.24) is 30.3 Å². The minimum Gasteiger partial charge on any atom is -0.337 e. The molecule has 1 atom stereocenters. The van der Waals surface area contributed by atoms with Crippen LogP contribution in [0.1, 0.15) is 46.4 Å². The molecule has 0 radical (unpaired) electrons. The molecule has 7 nitrogen and oxygen atoms in total. The SMILES string of the molecule is CCn1cnnc1CNC(=O)NCC(C(C)C)N1CCC(C)CC1. The van der Waals surface area contributed by atoms with Gasteiger partial charge in [-0.25, -0.2) is 4.79 Å². The summed E-state index contributed by atoms with van der Waals surface area (Å²) in [6.45, 7) is 12.9. The number of nitrogens with one attached hydrogen (secondary N) is 2. The summed E-state index contributed by atoms with van der Waals surface area (Å²) >= 11 is 0. The molecule has 0 bridgehead atoms. The van der Waals surface area contributed by atoms with Crippen LogP contribution in [0.3, 0.4) is 0 Å². The van der Waals surface area contributed by atoms with Gasteiger partial charge in [0.1, 0.15) is 6.33 Å². The van der Waals surface area contributed by atoms with E-state index in [1.165, 1.54) is 12.8 Å². The van der Waals surface area contributed by atoms with Crippen LogP contribution >= 0.6 is 0 Å². The van der Waals surface area contributed by atoms with E-state index in [0.29, 0.717) is 25.0 Å². The maximum atomic E-state index is 12.1. The number of piperidine rings is 1. The molecule has 1 saturated heterocycles. The number of nitrogens with zero attached hydrogens (tertiary/aromatic N) is 4. The van der Waals surface area contributed by atoms with Gasteiger partial charge >= 0.3 is 6.03 Å². The molecule has 0 spiro atoms. The highest BCUT2D eigenvalue weighted by Gasteiger charge is 2.25. The van der Waals surface area contributed by atoms with Crippen molar-refractivity contribution in [2.45, 2.75) is 59.7 Å². The van der Waals surface area contributed by atoms with E-state index in [4.69, 9.17) is 0 Å². The molecular formula is C17H32N6O. The van der Waals surface area contributed by atoms with E-state index in [0.717, 1.165) is 31.4 Å². The predicted octanol–water partition coefficient (Wildman–Crippen LogP) is 1.85. The minimum atomic E-state index is -0.142. The standard InChI is InChI=1S/C17H32N6O/c1-5-22-12-20-21-16(22)11-19-17(24)18-10-15(13(2)3)23-8-6-14(4)7-9-23/h12-15H,5-11H2,1-4H3,(H2,18,19,24). The van der Waals surface area contributed by atoms with Crippen LogP contribution in [-0.2, 0) is 13.1 Å². The van der Waals surface area contributed by atoms with E-state index in [1.54, 1.807) is 6.33 Å². The maximum Gasteiger partial charge on any atom is 0.315 e. The molecule has 7 heteroatoms. The third kappa shape index (κ3) is 5.19. The third-order valence-electron chi connectivity index (χ3n) is 4.97. The van der Waals surface area contributed by atoms with Crippen molar-refractivity contribution in [2.24, 2.45) is 11.8 Å². The van der Waals surface area contributed by atoms with Crippen molar-refractivity contribution >= 4 is 6.03 Å². The van der Waals surface area contributed by atoms with Crippen LogP contribution in [0, 0.1) is 11.8 Å². The van der Waals surface area contributed by atoms with Crippen LogP contribution in [0.15, 0.2) is 6.33 Å². The first kappa shape index (κ1) is 18.7. The lowest BCUT2D eigenvalue weighted by Gasteiger charge is -2.38. The number of carbonyl (C=O) groups excluding carboxylic acids is 1. The molecular weight excluding hydrogens is 304 g/mol. The molecule has 1 aromatic rings. The second-order valence-corrected chi connectivity index (χ2v) is 7.13.